The first-order valence-corrected chi connectivity index (χ1v) is 9.50. The van der Waals surface area contributed by atoms with Gasteiger partial charge in [0.25, 0.3) is 0 Å². The molecule has 152 valence electrons. The number of anilines is 1. The standard InChI is InChI=1S/C19H16F4N4OS/c1-12-10-17(25-18(28)8-9-29-15-5-3-2-4-14(15)20)27(26-12)16-7-6-13(11-24-16)19(21,22)23/h2-7,10-11H,8-9H2,1H3,(H,25,28). The van der Waals surface area contributed by atoms with Gasteiger partial charge >= 0.3 is 6.18 Å². The lowest BCUT2D eigenvalue weighted by Gasteiger charge is -2.10. The molecule has 0 aliphatic carbocycles. The molecule has 1 amide bonds. The van der Waals surface area contributed by atoms with Crippen LogP contribution in [0.4, 0.5) is 23.4 Å². The second kappa shape index (κ2) is 8.64. The Morgan fingerprint density at radius 1 is 1.21 bits per heavy atom. The van der Waals surface area contributed by atoms with Crippen molar-refractivity contribution in [2.45, 2.75) is 24.4 Å². The summed E-state index contributed by atoms with van der Waals surface area (Å²) in [6, 6.07) is 9.94. The average Bonchev–Trinajstić information content (AvgIpc) is 3.03. The molecule has 0 fully saturated rings. The van der Waals surface area contributed by atoms with Crippen LogP contribution in [0, 0.1) is 12.7 Å². The minimum atomic E-state index is -4.49. The van der Waals surface area contributed by atoms with E-state index in [4.69, 9.17) is 0 Å². The smallest absolute Gasteiger partial charge is 0.311 e. The van der Waals surface area contributed by atoms with Crippen molar-refractivity contribution in [2.24, 2.45) is 0 Å². The van der Waals surface area contributed by atoms with E-state index in [0.717, 1.165) is 6.07 Å². The highest BCUT2D eigenvalue weighted by Crippen LogP contribution is 2.29. The van der Waals surface area contributed by atoms with Crippen LogP contribution in [0.2, 0.25) is 0 Å². The molecule has 0 atom stereocenters. The van der Waals surface area contributed by atoms with Gasteiger partial charge in [0.05, 0.1) is 11.3 Å². The molecular formula is C19H16F4N4OS. The van der Waals surface area contributed by atoms with Gasteiger partial charge in [-0.2, -0.15) is 23.0 Å². The largest absolute Gasteiger partial charge is 0.417 e. The Hall–Kier alpha value is -2.88. The molecule has 2 aromatic heterocycles. The Labute approximate surface area is 168 Å². The van der Waals surface area contributed by atoms with E-state index in [9.17, 15) is 22.4 Å². The molecule has 0 radical (unpaired) electrons. The van der Waals surface area contributed by atoms with Crippen LogP contribution in [0.5, 0.6) is 0 Å². The van der Waals surface area contributed by atoms with Crippen molar-refractivity contribution in [1.29, 1.82) is 0 Å². The summed E-state index contributed by atoms with van der Waals surface area (Å²) in [6.07, 6.45) is -3.66. The predicted molar refractivity (Wildman–Crippen MR) is 101 cm³/mol. The van der Waals surface area contributed by atoms with Gasteiger partial charge in [-0.05, 0) is 31.2 Å². The third kappa shape index (κ3) is 5.35. The summed E-state index contributed by atoms with van der Waals surface area (Å²) in [5.74, 6) is 0.109. The quantitative estimate of drug-likeness (QED) is 0.454. The number of hydrogen-bond donors (Lipinski definition) is 1. The minimum absolute atomic E-state index is 0.115. The topological polar surface area (TPSA) is 59.8 Å². The van der Waals surface area contributed by atoms with Gasteiger partial charge in [0, 0.05) is 29.3 Å². The van der Waals surface area contributed by atoms with E-state index < -0.39 is 11.7 Å². The highest BCUT2D eigenvalue weighted by molar-refractivity contribution is 7.99. The average molecular weight is 424 g/mol. The first kappa shape index (κ1) is 20.8. The molecule has 3 aromatic rings. The van der Waals surface area contributed by atoms with Gasteiger partial charge in [0.15, 0.2) is 5.82 Å². The van der Waals surface area contributed by atoms with E-state index in [1.807, 2.05) is 0 Å². The summed E-state index contributed by atoms with van der Waals surface area (Å²) in [4.78, 5) is 16.5. The number of amides is 1. The van der Waals surface area contributed by atoms with Crippen LogP contribution < -0.4 is 5.32 Å². The number of carbonyl (C=O) groups is 1. The molecule has 2 heterocycles. The predicted octanol–water partition coefficient (Wildman–Crippen LogP) is 4.85. The molecule has 1 aromatic carbocycles. The fourth-order valence-corrected chi connectivity index (χ4v) is 3.35. The second-order valence-electron chi connectivity index (χ2n) is 6.06. The fourth-order valence-electron chi connectivity index (χ4n) is 2.46. The summed E-state index contributed by atoms with van der Waals surface area (Å²) in [6.45, 7) is 1.68. The number of nitrogens with one attached hydrogen (secondary N) is 1. The van der Waals surface area contributed by atoms with Gasteiger partial charge in [-0.15, -0.1) is 11.8 Å². The lowest BCUT2D eigenvalue weighted by atomic mass is 10.3. The Balaban J connectivity index is 1.66. The highest BCUT2D eigenvalue weighted by Gasteiger charge is 2.30. The number of benzene rings is 1. The van der Waals surface area contributed by atoms with Gasteiger partial charge in [-0.3, -0.25) is 4.79 Å². The summed E-state index contributed by atoms with van der Waals surface area (Å²) in [5.41, 5.74) is -0.316. The van der Waals surface area contributed by atoms with Crippen LogP contribution in [0.25, 0.3) is 5.82 Å². The molecule has 10 heteroatoms. The maximum absolute atomic E-state index is 13.6. The van der Waals surface area contributed by atoms with Gasteiger partial charge in [-0.1, -0.05) is 12.1 Å². The number of pyridine rings is 1. The van der Waals surface area contributed by atoms with Crippen molar-refractivity contribution in [3.05, 3.63) is 65.7 Å². The van der Waals surface area contributed by atoms with Crippen molar-refractivity contribution < 1.29 is 22.4 Å². The Kier molecular flexibility index (Phi) is 6.21. The number of nitrogens with zero attached hydrogens (tertiary/aromatic N) is 3. The Morgan fingerprint density at radius 2 is 1.97 bits per heavy atom. The molecule has 0 saturated carbocycles. The van der Waals surface area contributed by atoms with Crippen LogP contribution in [-0.4, -0.2) is 26.4 Å². The monoisotopic (exact) mass is 424 g/mol. The van der Waals surface area contributed by atoms with Crippen molar-refractivity contribution >= 4 is 23.5 Å². The zero-order valence-electron chi connectivity index (χ0n) is 15.2. The number of hydrogen-bond acceptors (Lipinski definition) is 4. The van der Waals surface area contributed by atoms with E-state index >= 15 is 0 Å². The van der Waals surface area contributed by atoms with Gasteiger partial charge in [0.1, 0.15) is 11.6 Å². The van der Waals surface area contributed by atoms with Crippen molar-refractivity contribution in [3.63, 3.8) is 0 Å². The summed E-state index contributed by atoms with van der Waals surface area (Å²) in [7, 11) is 0. The Morgan fingerprint density at radius 3 is 2.62 bits per heavy atom. The number of rotatable bonds is 6. The van der Waals surface area contributed by atoms with Gasteiger partial charge in [-0.25, -0.2) is 9.37 Å². The number of thioether (sulfide) groups is 1. The van der Waals surface area contributed by atoms with Crippen LogP contribution in [-0.2, 0) is 11.0 Å². The molecule has 0 spiro atoms. The second-order valence-corrected chi connectivity index (χ2v) is 7.20. The van der Waals surface area contributed by atoms with Gasteiger partial charge in [0.2, 0.25) is 5.91 Å². The maximum atomic E-state index is 13.6. The van der Waals surface area contributed by atoms with Crippen LogP contribution in [0.1, 0.15) is 17.7 Å². The zero-order valence-corrected chi connectivity index (χ0v) is 16.0. The molecule has 0 aliphatic heterocycles. The van der Waals surface area contributed by atoms with E-state index in [0.29, 0.717) is 22.5 Å². The van der Waals surface area contributed by atoms with E-state index in [1.54, 1.807) is 31.2 Å². The first-order valence-electron chi connectivity index (χ1n) is 8.51. The zero-order chi connectivity index (χ0) is 21.0. The molecule has 1 N–H and O–H groups in total. The lowest BCUT2D eigenvalue weighted by Crippen LogP contribution is -2.16. The number of aromatic nitrogens is 3. The van der Waals surface area contributed by atoms with E-state index in [-0.39, 0.29) is 29.8 Å². The molecule has 0 saturated heterocycles. The number of carbonyl (C=O) groups excluding carboxylic acids is 1. The number of halogens is 4. The van der Waals surface area contributed by atoms with Crippen molar-refractivity contribution in [3.8, 4) is 5.82 Å². The molecule has 5 nitrogen and oxygen atoms in total. The number of alkyl halides is 3. The maximum Gasteiger partial charge on any atom is 0.417 e. The van der Waals surface area contributed by atoms with E-state index in [2.05, 4.69) is 15.4 Å². The van der Waals surface area contributed by atoms with Crippen LogP contribution in [0.15, 0.2) is 53.6 Å². The summed E-state index contributed by atoms with van der Waals surface area (Å²) in [5, 5.41) is 6.84. The molecule has 3 rings (SSSR count). The molecular weight excluding hydrogens is 408 g/mol. The lowest BCUT2D eigenvalue weighted by molar-refractivity contribution is -0.137. The molecule has 0 aliphatic rings. The van der Waals surface area contributed by atoms with E-state index in [1.165, 1.54) is 28.6 Å². The SMILES string of the molecule is Cc1cc(NC(=O)CCSc2ccccc2F)n(-c2ccc(C(F)(F)F)cn2)n1. The first-order chi connectivity index (χ1) is 13.7. The van der Waals surface area contributed by atoms with Crippen molar-refractivity contribution in [1.82, 2.24) is 14.8 Å². The highest BCUT2D eigenvalue weighted by atomic mass is 32.2. The third-order valence-electron chi connectivity index (χ3n) is 3.81. The molecule has 0 bridgehead atoms. The summed E-state index contributed by atoms with van der Waals surface area (Å²) < 4.78 is 53.0. The number of aryl methyl sites for hydroxylation is 1. The van der Waals surface area contributed by atoms with Crippen molar-refractivity contribution in [2.75, 3.05) is 11.1 Å². The fraction of sp³-hybridized carbons (Fsp3) is 0.211. The normalized spacial score (nSPS) is 11.5. The van der Waals surface area contributed by atoms with Crippen LogP contribution >= 0.6 is 11.8 Å². The third-order valence-corrected chi connectivity index (χ3v) is 4.86. The van der Waals surface area contributed by atoms with Gasteiger partial charge < -0.3 is 5.32 Å². The summed E-state index contributed by atoms with van der Waals surface area (Å²) >= 11 is 1.22. The molecule has 29 heavy (non-hydrogen) atoms. The Bertz CT molecular complexity index is 1000. The molecule has 0 unspecified atom stereocenters. The van der Waals surface area contributed by atoms with Crippen LogP contribution in [0.3, 0.4) is 0 Å². The minimum Gasteiger partial charge on any atom is -0.311 e.